The SMILES string of the molecule is CC(NCCC(O)C(C)C)c1ccc(N2CCC(O)CC2)cc1. The summed E-state index contributed by atoms with van der Waals surface area (Å²) in [6.07, 6.45) is 2.15. The third-order valence-corrected chi connectivity index (χ3v) is 4.88. The zero-order valence-electron chi connectivity index (χ0n) is 14.7. The Balaban J connectivity index is 1.81. The largest absolute Gasteiger partial charge is 0.393 e. The molecule has 1 saturated heterocycles. The number of nitrogens with one attached hydrogen (secondary N) is 1. The molecule has 0 spiro atoms. The summed E-state index contributed by atoms with van der Waals surface area (Å²) >= 11 is 0. The molecule has 0 aliphatic carbocycles. The summed E-state index contributed by atoms with van der Waals surface area (Å²) in [6.45, 7) is 8.95. The summed E-state index contributed by atoms with van der Waals surface area (Å²) in [5, 5.41) is 22.9. The lowest BCUT2D eigenvalue weighted by Crippen LogP contribution is -2.35. The van der Waals surface area contributed by atoms with Crippen molar-refractivity contribution in [3.8, 4) is 0 Å². The van der Waals surface area contributed by atoms with Crippen molar-refractivity contribution in [2.45, 2.75) is 58.3 Å². The zero-order valence-corrected chi connectivity index (χ0v) is 14.7. The van der Waals surface area contributed by atoms with Crippen molar-refractivity contribution < 1.29 is 10.2 Å². The lowest BCUT2D eigenvalue weighted by Gasteiger charge is -2.31. The maximum absolute atomic E-state index is 9.85. The van der Waals surface area contributed by atoms with Gasteiger partial charge in [0, 0.05) is 24.8 Å². The van der Waals surface area contributed by atoms with Crippen LogP contribution in [0.5, 0.6) is 0 Å². The normalized spacial score (nSPS) is 19.1. The molecule has 2 atom stereocenters. The predicted octanol–water partition coefficient (Wildman–Crippen LogP) is 2.71. The topological polar surface area (TPSA) is 55.7 Å². The minimum atomic E-state index is -0.230. The monoisotopic (exact) mass is 320 g/mol. The Labute approximate surface area is 140 Å². The van der Waals surface area contributed by atoms with Gasteiger partial charge in [0.05, 0.1) is 12.2 Å². The van der Waals surface area contributed by atoms with Crippen LogP contribution in [-0.2, 0) is 0 Å². The van der Waals surface area contributed by atoms with E-state index in [9.17, 15) is 10.2 Å². The van der Waals surface area contributed by atoms with E-state index in [0.29, 0.717) is 5.92 Å². The first kappa shape index (κ1) is 18.2. The van der Waals surface area contributed by atoms with E-state index in [0.717, 1.165) is 38.9 Å². The summed E-state index contributed by atoms with van der Waals surface area (Å²) in [5.74, 6) is 0.314. The van der Waals surface area contributed by atoms with E-state index < -0.39 is 0 Å². The lowest BCUT2D eigenvalue weighted by atomic mass is 10.0. The lowest BCUT2D eigenvalue weighted by molar-refractivity contribution is 0.115. The number of hydrogen-bond donors (Lipinski definition) is 3. The van der Waals surface area contributed by atoms with Gasteiger partial charge in [-0.3, -0.25) is 0 Å². The third kappa shape index (κ3) is 5.48. The molecule has 1 heterocycles. The van der Waals surface area contributed by atoms with Gasteiger partial charge in [0.2, 0.25) is 0 Å². The van der Waals surface area contributed by atoms with E-state index in [-0.39, 0.29) is 18.2 Å². The first-order chi connectivity index (χ1) is 11.0. The highest BCUT2D eigenvalue weighted by Gasteiger charge is 2.17. The highest BCUT2D eigenvalue weighted by molar-refractivity contribution is 5.48. The van der Waals surface area contributed by atoms with Crippen molar-refractivity contribution in [1.82, 2.24) is 5.32 Å². The van der Waals surface area contributed by atoms with Crippen LogP contribution in [0.2, 0.25) is 0 Å². The van der Waals surface area contributed by atoms with Crippen LogP contribution in [0.4, 0.5) is 5.69 Å². The molecule has 2 unspecified atom stereocenters. The summed E-state index contributed by atoms with van der Waals surface area (Å²) < 4.78 is 0. The maximum atomic E-state index is 9.85. The standard InChI is InChI=1S/C19H32N2O2/c1-14(2)19(23)8-11-20-15(3)16-4-6-17(7-5-16)21-12-9-18(22)10-13-21/h4-7,14-15,18-20,22-23H,8-13H2,1-3H3. The number of hydrogen-bond acceptors (Lipinski definition) is 4. The number of piperidine rings is 1. The predicted molar refractivity (Wildman–Crippen MR) is 95.8 cm³/mol. The molecule has 2 rings (SSSR count). The van der Waals surface area contributed by atoms with E-state index in [1.54, 1.807) is 0 Å². The molecule has 1 fully saturated rings. The molecule has 0 radical (unpaired) electrons. The molecule has 3 N–H and O–H groups in total. The molecule has 0 bridgehead atoms. The highest BCUT2D eigenvalue weighted by atomic mass is 16.3. The Bertz CT molecular complexity index is 453. The van der Waals surface area contributed by atoms with Crippen LogP contribution in [-0.4, -0.2) is 42.1 Å². The molecule has 1 aliphatic rings. The number of benzene rings is 1. The number of aliphatic hydroxyl groups is 2. The van der Waals surface area contributed by atoms with Gasteiger partial charge in [-0.2, -0.15) is 0 Å². The Morgan fingerprint density at radius 1 is 1.13 bits per heavy atom. The van der Waals surface area contributed by atoms with Crippen LogP contribution >= 0.6 is 0 Å². The van der Waals surface area contributed by atoms with Gasteiger partial charge in [0.15, 0.2) is 0 Å². The number of rotatable bonds is 7. The van der Waals surface area contributed by atoms with E-state index >= 15 is 0 Å². The Kier molecular flexibility index (Phi) is 6.88. The molecule has 4 heteroatoms. The molecule has 4 nitrogen and oxygen atoms in total. The highest BCUT2D eigenvalue weighted by Crippen LogP contribution is 2.22. The fraction of sp³-hybridized carbons (Fsp3) is 0.684. The van der Waals surface area contributed by atoms with Crippen molar-refractivity contribution in [3.63, 3.8) is 0 Å². The van der Waals surface area contributed by atoms with Crippen LogP contribution in [0.3, 0.4) is 0 Å². The van der Waals surface area contributed by atoms with Crippen molar-refractivity contribution in [2.75, 3.05) is 24.5 Å². The van der Waals surface area contributed by atoms with Gasteiger partial charge in [-0.25, -0.2) is 0 Å². The Hall–Kier alpha value is -1.10. The van der Waals surface area contributed by atoms with Crippen LogP contribution in [0.25, 0.3) is 0 Å². The minimum Gasteiger partial charge on any atom is -0.393 e. The van der Waals surface area contributed by atoms with Crippen molar-refractivity contribution in [3.05, 3.63) is 29.8 Å². The maximum Gasteiger partial charge on any atom is 0.0575 e. The number of nitrogens with zero attached hydrogens (tertiary/aromatic N) is 1. The van der Waals surface area contributed by atoms with E-state index in [2.05, 4.69) is 41.4 Å². The minimum absolute atomic E-state index is 0.129. The molecule has 1 aromatic carbocycles. The molecule has 0 saturated carbocycles. The number of anilines is 1. The summed E-state index contributed by atoms with van der Waals surface area (Å²) in [6, 6.07) is 8.99. The average molecular weight is 320 g/mol. The van der Waals surface area contributed by atoms with Crippen molar-refractivity contribution in [1.29, 1.82) is 0 Å². The molecule has 130 valence electrons. The van der Waals surface area contributed by atoms with Crippen molar-refractivity contribution >= 4 is 5.69 Å². The van der Waals surface area contributed by atoms with E-state index in [1.165, 1.54) is 11.3 Å². The van der Waals surface area contributed by atoms with Gasteiger partial charge >= 0.3 is 0 Å². The van der Waals surface area contributed by atoms with Gasteiger partial charge in [0.1, 0.15) is 0 Å². The van der Waals surface area contributed by atoms with E-state index in [4.69, 9.17) is 0 Å². The van der Waals surface area contributed by atoms with Gasteiger partial charge in [0.25, 0.3) is 0 Å². The second-order valence-electron chi connectivity index (χ2n) is 7.09. The zero-order chi connectivity index (χ0) is 16.8. The molecule has 0 aromatic heterocycles. The van der Waals surface area contributed by atoms with Crippen LogP contribution in [0.15, 0.2) is 24.3 Å². The fourth-order valence-electron chi connectivity index (χ4n) is 3.00. The molecule has 23 heavy (non-hydrogen) atoms. The van der Waals surface area contributed by atoms with Crippen LogP contribution in [0.1, 0.15) is 51.6 Å². The molecular weight excluding hydrogens is 288 g/mol. The summed E-state index contributed by atoms with van der Waals surface area (Å²) in [4.78, 5) is 2.34. The summed E-state index contributed by atoms with van der Waals surface area (Å²) in [7, 11) is 0. The van der Waals surface area contributed by atoms with Crippen LogP contribution in [0, 0.1) is 5.92 Å². The first-order valence-electron chi connectivity index (χ1n) is 8.91. The second-order valence-corrected chi connectivity index (χ2v) is 7.09. The average Bonchev–Trinajstić information content (AvgIpc) is 2.55. The van der Waals surface area contributed by atoms with Crippen molar-refractivity contribution in [2.24, 2.45) is 5.92 Å². The van der Waals surface area contributed by atoms with Gasteiger partial charge in [-0.15, -0.1) is 0 Å². The Morgan fingerprint density at radius 3 is 2.30 bits per heavy atom. The summed E-state index contributed by atoms with van der Waals surface area (Å²) in [5.41, 5.74) is 2.51. The van der Waals surface area contributed by atoms with E-state index in [1.807, 2.05) is 13.8 Å². The molecule has 0 amide bonds. The van der Waals surface area contributed by atoms with Gasteiger partial charge in [-0.1, -0.05) is 26.0 Å². The fourth-order valence-corrected chi connectivity index (χ4v) is 3.00. The molecular formula is C19H32N2O2. The molecule has 1 aromatic rings. The Morgan fingerprint density at radius 2 is 1.74 bits per heavy atom. The van der Waals surface area contributed by atoms with Crippen LogP contribution < -0.4 is 10.2 Å². The van der Waals surface area contributed by atoms with Gasteiger partial charge < -0.3 is 20.4 Å². The molecule has 1 aliphatic heterocycles. The first-order valence-corrected chi connectivity index (χ1v) is 8.91. The number of aliphatic hydroxyl groups excluding tert-OH is 2. The second kappa shape index (κ2) is 8.67. The third-order valence-electron chi connectivity index (χ3n) is 4.88. The smallest absolute Gasteiger partial charge is 0.0575 e. The van der Waals surface area contributed by atoms with Gasteiger partial charge in [-0.05, 0) is 56.3 Å². The quantitative estimate of drug-likeness (QED) is 0.723.